The standard InChI is InChI=1S/C22H27N3O3S/c1-16-7-8-18(13-20(16)25(27)28)22(26)23-14-17-9-11-24(12-10-17)15-19-5-3-4-6-21(19)29-2/h3-8,13,17H,9-12,14-15H2,1-2H3,(H,23,26). The maximum absolute atomic E-state index is 12.4. The smallest absolute Gasteiger partial charge is 0.273 e. The molecule has 6 nitrogen and oxygen atoms in total. The lowest BCUT2D eigenvalue weighted by Crippen LogP contribution is -2.38. The van der Waals surface area contributed by atoms with E-state index in [9.17, 15) is 14.9 Å². The van der Waals surface area contributed by atoms with Gasteiger partial charge in [-0.05, 0) is 62.7 Å². The summed E-state index contributed by atoms with van der Waals surface area (Å²) in [6.45, 7) is 5.27. The molecule has 154 valence electrons. The Kier molecular flexibility index (Phi) is 7.28. The fraction of sp³-hybridized carbons (Fsp3) is 0.409. The average molecular weight is 414 g/mol. The summed E-state index contributed by atoms with van der Waals surface area (Å²) in [6.07, 6.45) is 4.18. The predicted octanol–water partition coefficient (Wildman–Crippen LogP) is 4.27. The number of hydrogen-bond acceptors (Lipinski definition) is 5. The normalized spacial score (nSPS) is 15.2. The van der Waals surface area contributed by atoms with Crippen LogP contribution < -0.4 is 5.32 Å². The third-order valence-electron chi connectivity index (χ3n) is 5.51. The van der Waals surface area contributed by atoms with Crippen LogP contribution in [0, 0.1) is 23.0 Å². The van der Waals surface area contributed by atoms with Gasteiger partial charge in [0.1, 0.15) is 0 Å². The first-order chi connectivity index (χ1) is 14.0. The van der Waals surface area contributed by atoms with Crippen LogP contribution >= 0.6 is 11.8 Å². The fourth-order valence-corrected chi connectivity index (χ4v) is 4.32. The molecular formula is C22H27N3O3S. The van der Waals surface area contributed by atoms with Crippen LogP contribution in [0.15, 0.2) is 47.4 Å². The van der Waals surface area contributed by atoms with Crippen molar-refractivity contribution in [3.8, 4) is 0 Å². The number of nitro benzene ring substituents is 1. The topological polar surface area (TPSA) is 75.5 Å². The van der Waals surface area contributed by atoms with Gasteiger partial charge in [0.05, 0.1) is 4.92 Å². The summed E-state index contributed by atoms with van der Waals surface area (Å²) >= 11 is 1.78. The maximum Gasteiger partial charge on any atom is 0.273 e. The van der Waals surface area contributed by atoms with Crippen LogP contribution in [0.2, 0.25) is 0 Å². The van der Waals surface area contributed by atoms with Gasteiger partial charge in [0.2, 0.25) is 0 Å². The Morgan fingerprint density at radius 1 is 1.24 bits per heavy atom. The zero-order valence-electron chi connectivity index (χ0n) is 16.9. The minimum atomic E-state index is -0.447. The fourth-order valence-electron chi connectivity index (χ4n) is 3.71. The molecule has 0 unspecified atom stereocenters. The number of likely N-dealkylation sites (tertiary alicyclic amines) is 1. The van der Waals surface area contributed by atoms with Crippen LogP contribution in [0.4, 0.5) is 5.69 Å². The molecular weight excluding hydrogens is 386 g/mol. The van der Waals surface area contributed by atoms with E-state index in [0.29, 0.717) is 23.6 Å². The Balaban J connectivity index is 1.48. The summed E-state index contributed by atoms with van der Waals surface area (Å²) < 4.78 is 0. The van der Waals surface area contributed by atoms with Gasteiger partial charge < -0.3 is 5.32 Å². The molecule has 2 aromatic rings. The highest BCUT2D eigenvalue weighted by Gasteiger charge is 2.21. The Bertz CT molecular complexity index is 879. The molecule has 29 heavy (non-hydrogen) atoms. The van der Waals surface area contributed by atoms with Crippen LogP contribution in [0.1, 0.15) is 34.3 Å². The van der Waals surface area contributed by atoms with Gasteiger partial charge in [-0.1, -0.05) is 24.3 Å². The molecule has 7 heteroatoms. The number of piperidine rings is 1. The lowest BCUT2D eigenvalue weighted by Gasteiger charge is -2.32. The molecule has 0 atom stereocenters. The molecule has 0 aliphatic carbocycles. The van der Waals surface area contributed by atoms with Gasteiger partial charge in [-0.15, -0.1) is 11.8 Å². The SMILES string of the molecule is CSc1ccccc1CN1CCC(CNC(=O)c2ccc(C)c([N+](=O)[O-])c2)CC1. The molecule has 0 radical (unpaired) electrons. The molecule has 0 saturated carbocycles. The maximum atomic E-state index is 12.4. The summed E-state index contributed by atoms with van der Waals surface area (Å²) in [5.74, 6) is 0.191. The first-order valence-electron chi connectivity index (χ1n) is 9.85. The number of hydrogen-bond donors (Lipinski definition) is 1. The molecule has 1 amide bonds. The minimum Gasteiger partial charge on any atom is -0.352 e. The highest BCUT2D eigenvalue weighted by atomic mass is 32.2. The van der Waals surface area contributed by atoms with Gasteiger partial charge in [-0.2, -0.15) is 0 Å². The molecule has 0 spiro atoms. The van der Waals surface area contributed by atoms with Gasteiger partial charge in [0, 0.05) is 35.2 Å². The molecule has 2 aromatic carbocycles. The van der Waals surface area contributed by atoms with Crippen molar-refractivity contribution in [1.29, 1.82) is 0 Å². The molecule has 1 saturated heterocycles. The molecule has 1 fully saturated rings. The van der Waals surface area contributed by atoms with Crippen molar-refractivity contribution in [3.05, 3.63) is 69.3 Å². The van der Waals surface area contributed by atoms with Gasteiger partial charge in [0.15, 0.2) is 0 Å². The van der Waals surface area contributed by atoms with Crippen LogP contribution in [0.3, 0.4) is 0 Å². The average Bonchev–Trinajstić information content (AvgIpc) is 2.73. The zero-order valence-corrected chi connectivity index (χ0v) is 17.7. The van der Waals surface area contributed by atoms with Gasteiger partial charge in [0.25, 0.3) is 11.6 Å². The largest absolute Gasteiger partial charge is 0.352 e. The molecule has 1 aliphatic rings. The van der Waals surface area contributed by atoms with Gasteiger partial charge in [-0.3, -0.25) is 19.8 Å². The minimum absolute atomic E-state index is 0.0171. The van der Waals surface area contributed by atoms with Crippen molar-refractivity contribution >= 4 is 23.4 Å². The Hall–Kier alpha value is -2.38. The summed E-state index contributed by atoms with van der Waals surface area (Å²) in [5, 5.41) is 14.0. The molecule has 0 bridgehead atoms. The number of carbonyl (C=O) groups is 1. The number of carbonyl (C=O) groups excluding carboxylic acids is 1. The predicted molar refractivity (Wildman–Crippen MR) is 116 cm³/mol. The van der Waals surface area contributed by atoms with E-state index in [0.717, 1.165) is 32.5 Å². The number of nitrogens with zero attached hydrogens (tertiary/aromatic N) is 2. The molecule has 1 heterocycles. The summed E-state index contributed by atoms with van der Waals surface area (Å²) in [5.41, 5.74) is 2.25. The monoisotopic (exact) mass is 413 g/mol. The number of rotatable bonds is 7. The van der Waals surface area contributed by atoms with Crippen molar-refractivity contribution in [2.75, 3.05) is 25.9 Å². The quantitative estimate of drug-likeness (QED) is 0.417. The second kappa shape index (κ2) is 9.89. The Labute approximate surface area is 175 Å². The van der Waals surface area contributed by atoms with E-state index < -0.39 is 4.92 Å². The van der Waals surface area contributed by atoms with Crippen LogP contribution in [0.25, 0.3) is 0 Å². The van der Waals surface area contributed by atoms with E-state index in [-0.39, 0.29) is 11.6 Å². The third-order valence-corrected chi connectivity index (χ3v) is 6.35. The van der Waals surface area contributed by atoms with Crippen molar-refractivity contribution in [3.63, 3.8) is 0 Å². The molecule has 0 aromatic heterocycles. The van der Waals surface area contributed by atoms with E-state index in [4.69, 9.17) is 0 Å². The lowest BCUT2D eigenvalue weighted by molar-refractivity contribution is -0.385. The van der Waals surface area contributed by atoms with E-state index in [1.807, 2.05) is 0 Å². The highest BCUT2D eigenvalue weighted by Crippen LogP contribution is 2.24. The van der Waals surface area contributed by atoms with E-state index in [2.05, 4.69) is 40.7 Å². The second-order valence-electron chi connectivity index (χ2n) is 7.50. The van der Waals surface area contributed by atoms with Crippen molar-refractivity contribution in [2.45, 2.75) is 31.2 Å². The zero-order chi connectivity index (χ0) is 20.8. The first-order valence-corrected chi connectivity index (χ1v) is 11.1. The molecule has 1 aliphatic heterocycles. The summed E-state index contributed by atoms with van der Waals surface area (Å²) in [7, 11) is 0. The Morgan fingerprint density at radius 3 is 2.66 bits per heavy atom. The number of aryl methyl sites for hydroxylation is 1. The third kappa shape index (κ3) is 5.58. The number of nitro groups is 1. The van der Waals surface area contributed by atoms with Gasteiger partial charge >= 0.3 is 0 Å². The van der Waals surface area contributed by atoms with Crippen LogP contribution in [-0.4, -0.2) is 41.6 Å². The number of benzene rings is 2. The highest BCUT2D eigenvalue weighted by molar-refractivity contribution is 7.98. The van der Waals surface area contributed by atoms with Crippen molar-refractivity contribution in [1.82, 2.24) is 10.2 Å². The first kappa shape index (κ1) is 21.3. The van der Waals surface area contributed by atoms with E-state index in [1.54, 1.807) is 30.8 Å². The number of nitrogens with one attached hydrogen (secondary N) is 1. The second-order valence-corrected chi connectivity index (χ2v) is 8.35. The van der Waals surface area contributed by atoms with Gasteiger partial charge in [-0.25, -0.2) is 0 Å². The summed E-state index contributed by atoms with van der Waals surface area (Å²) in [6, 6.07) is 13.1. The van der Waals surface area contributed by atoms with E-state index >= 15 is 0 Å². The summed E-state index contributed by atoms with van der Waals surface area (Å²) in [4.78, 5) is 26.8. The molecule has 3 rings (SSSR count). The number of thioether (sulfide) groups is 1. The van der Waals surface area contributed by atoms with Crippen molar-refractivity contribution < 1.29 is 9.72 Å². The number of amides is 1. The van der Waals surface area contributed by atoms with Crippen LogP contribution in [0.5, 0.6) is 0 Å². The van der Waals surface area contributed by atoms with Crippen molar-refractivity contribution in [2.24, 2.45) is 5.92 Å². The Morgan fingerprint density at radius 2 is 1.97 bits per heavy atom. The lowest BCUT2D eigenvalue weighted by atomic mass is 9.96. The van der Waals surface area contributed by atoms with Crippen LogP contribution in [-0.2, 0) is 6.54 Å². The molecule has 1 N–H and O–H groups in total. The van der Waals surface area contributed by atoms with E-state index in [1.165, 1.54) is 16.5 Å².